The molecule has 5 heteroatoms. The lowest BCUT2D eigenvalue weighted by atomic mass is 9.89. The molecule has 0 radical (unpaired) electrons. The molecule has 0 aromatic carbocycles. The summed E-state index contributed by atoms with van der Waals surface area (Å²) in [5.41, 5.74) is 7.22. The summed E-state index contributed by atoms with van der Waals surface area (Å²) in [6, 6.07) is 8.32. The summed E-state index contributed by atoms with van der Waals surface area (Å²) >= 11 is 1.80. The maximum absolute atomic E-state index is 4.92. The van der Waals surface area contributed by atoms with Gasteiger partial charge in [0.05, 0.1) is 26.9 Å². The summed E-state index contributed by atoms with van der Waals surface area (Å²) in [5, 5.41) is 10.9. The molecule has 4 heterocycles. The second-order valence-corrected chi connectivity index (χ2v) is 8.65. The van der Waals surface area contributed by atoms with Gasteiger partial charge in [0.25, 0.3) is 0 Å². The Labute approximate surface area is 171 Å². The summed E-state index contributed by atoms with van der Waals surface area (Å²) in [4.78, 5) is 7.00. The van der Waals surface area contributed by atoms with Gasteiger partial charge in [0.15, 0.2) is 0 Å². The minimum atomic E-state index is 0.128. The summed E-state index contributed by atoms with van der Waals surface area (Å²) in [6.07, 6.45) is 6.56. The number of pyridine rings is 1. The van der Waals surface area contributed by atoms with Crippen molar-refractivity contribution in [2.75, 3.05) is 0 Å². The average Bonchev–Trinajstić information content (AvgIpc) is 3.22. The lowest BCUT2D eigenvalue weighted by molar-refractivity contribution is 0.309. The van der Waals surface area contributed by atoms with Gasteiger partial charge in [0, 0.05) is 11.9 Å². The number of hydrazone groups is 1. The third-order valence-corrected chi connectivity index (χ3v) is 6.91. The minimum absolute atomic E-state index is 0.128. The average molecular weight is 393 g/mol. The third kappa shape index (κ3) is 3.18. The predicted octanol–water partition coefficient (Wildman–Crippen LogP) is 5.79. The highest BCUT2D eigenvalue weighted by Gasteiger charge is 2.38. The van der Waals surface area contributed by atoms with E-state index in [4.69, 9.17) is 5.10 Å². The molecule has 2 aliphatic heterocycles. The van der Waals surface area contributed by atoms with E-state index in [0.717, 1.165) is 24.2 Å². The van der Waals surface area contributed by atoms with Crippen LogP contribution in [0.3, 0.4) is 0 Å². The number of nitrogens with zero attached hydrogens (tertiary/aromatic N) is 3. The summed E-state index contributed by atoms with van der Waals surface area (Å²) in [7, 11) is 0. The van der Waals surface area contributed by atoms with Gasteiger partial charge < -0.3 is 5.32 Å². The molecule has 1 unspecified atom stereocenters. The maximum Gasteiger partial charge on any atom is 0.143 e. The Hall–Kier alpha value is -2.40. The fourth-order valence-electron chi connectivity index (χ4n) is 4.21. The van der Waals surface area contributed by atoms with Crippen molar-refractivity contribution >= 4 is 22.7 Å². The summed E-state index contributed by atoms with van der Waals surface area (Å²) < 4.78 is 0. The Bertz CT molecular complexity index is 964. The van der Waals surface area contributed by atoms with Crippen LogP contribution >= 0.6 is 11.3 Å². The number of allylic oxidation sites excluding steroid dienone is 2. The van der Waals surface area contributed by atoms with Crippen LogP contribution in [0, 0.1) is 12.8 Å². The van der Waals surface area contributed by atoms with Gasteiger partial charge in [0.2, 0.25) is 0 Å². The Morgan fingerprint density at radius 1 is 1.18 bits per heavy atom. The van der Waals surface area contributed by atoms with Crippen molar-refractivity contribution in [2.24, 2.45) is 11.0 Å². The van der Waals surface area contributed by atoms with Gasteiger partial charge in [0.1, 0.15) is 6.17 Å². The van der Waals surface area contributed by atoms with Crippen LogP contribution in [0.2, 0.25) is 0 Å². The highest BCUT2D eigenvalue weighted by molar-refractivity contribution is 7.16. The lowest BCUT2D eigenvalue weighted by Crippen LogP contribution is -2.40. The van der Waals surface area contributed by atoms with E-state index >= 15 is 0 Å². The van der Waals surface area contributed by atoms with Gasteiger partial charge in [-0.1, -0.05) is 19.9 Å². The molecule has 0 saturated heterocycles. The van der Waals surface area contributed by atoms with Crippen LogP contribution in [-0.4, -0.2) is 21.9 Å². The normalized spacial score (nSPS) is 18.9. The van der Waals surface area contributed by atoms with Crippen LogP contribution in [0.1, 0.15) is 51.0 Å². The predicted molar refractivity (Wildman–Crippen MR) is 119 cm³/mol. The molecular weight excluding hydrogens is 364 g/mol. The van der Waals surface area contributed by atoms with Crippen LogP contribution < -0.4 is 5.32 Å². The number of rotatable bonds is 5. The monoisotopic (exact) mass is 392 g/mol. The van der Waals surface area contributed by atoms with E-state index in [1.54, 1.807) is 11.3 Å². The zero-order valence-electron chi connectivity index (χ0n) is 17.3. The molecule has 2 aromatic heterocycles. The van der Waals surface area contributed by atoms with Gasteiger partial charge in [-0.3, -0.25) is 4.98 Å². The van der Waals surface area contributed by atoms with E-state index in [-0.39, 0.29) is 6.17 Å². The first-order valence-electron chi connectivity index (χ1n) is 10.1. The lowest BCUT2D eigenvalue weighted by Gasteiger charge is -2.33. The maximum atomic E-state index is 4.92. The first-order chi connectivity index (χ1) is 13.5. The van der Waals surface area contributed by atoms with Crippen LogP contribution in [0.4, 0.5) is 0 Å². The standard InChI is InChI=1S/C23H28N4S/c1-6-17(7-2)18-13-15(4)26-27-21(16(5)25-23(18)27)22-14(3)12-20(28-22)19-10-8-9-11-24-19/h8-13,17,23,25H,6-7H2,1-5H3. The number of thiophene rings is 1. The van der Waals surface area contributed by atoms with E-state index < -0.39 is 0 Å². The minimum Gasteiger partial charge on any atom is -0.362 e. The van der Waals surface area contributed by atoms with Gasteiger partial charge in [-0.2, -0.15) is 5.10 Å². The van der Waals surface area contributed by atoms with Crippen molar-refractivity contribution < 1.29 is 0 Å². The molecular formula is C23H28N4S. The topological polar surface area (TPSA) is 40.5 Å². The fourth-order valence-corrected chi connectivity index (χ4v) is 5.46. The Morgan fingerprint density at radius 3 is 2.64 bits per heavy atom. The Kier molecular flexibility index (Phi) is 5.11. The summed E-state index contributed by atoms with van der Waals surface area (Å²) in [6.45, 7) is 11.0. The van der Waals surface area contributed by atoms with E-state index in [0.29, 0.717) is 5.92 Å². The quantitative estimate of drug-likeness (QED) is 0.700. The molecule has 0 saturated carbocycles. The zero-order valence-corrected chi connectivity index (χ0v) is 18.1. The number of fused-ring (bicyclic) bond motifs is 1. The molecule has 4 rings (SSSR count). The molecule has 28 heavy (non-hydrogen) atoms. The van der Waals surface area contributed by atoms with Gasteiger partial charge >= 0.3 is 0 Å². The van der Waals surface area contributed by atoms with E-state index in [2.05, 4.69) is 68.1 Å². The first-order valence-corrected chi connectivity index (χ1v) is 10.9. The van der Waals surface area contributed by atoms with E-state index in [1.807, 2.05) is 18.3 Å². The van der Waals surface area contributed by atoms with Crippen LogP contribution in [0.25, 0.3) is 16.3 Å². The molecule has 0 amide bonds. The van der Waals surface area contributed by atoms with Crippen molar-refractivity contribution in [3.8, 4) is 10.6 Å². The summed E-state index contributed by atoms with van der Waals surface area (Å²) in [5.74, 6) is 0.575. The highest BCUT2D eigenvalue weighted by Crippen LogP contribution is 2.43. The second kappa shape index (κ2) is 7.55. The van der Waals surface area contributed by atoms with Crippen LogP contribution in [-0.2, 0) is 0 Å². The van der Waals surface area contributed by atoms with Crippen LogP contribution in [0.15, 0.2) is 52.9 Å². The van der Waals surface area contributed by atoms with Crippen LogP contribution in [0.5, 0.6) is 0 Å². The van der Waals surface area contributed by atoms with Crippen molar-refractivity contribution in [2.45, 2.75) is 53.6 Å². The molecule has 1 N–H and O–H groups in total. The Balaban J connectivity index is 1.73. The van der Waals surface area contributed by atoms with Gasteiger partial charge in [-0.15, -0.1) is 11.3 Å². The van der Waals surface area contributed by atoms with E-state index in [1.165, 1.54) is 32.3 Å². The zero-order chi connectivity index (χ0) is 19.8. The molecule has 0 bridgehead atoms. The van der Waals surface area contributed by atoms with Crippen molar-refractivity contribution in [1.29, 1.82) is 0 Å². The largest absolute Gasteiger partial charge is 0.362 e. The molecule has 2 aliphatic rings. The number of nitrogens with one attached hydrogen (secondary N) is 1. The molecule has 4 nitrogen and oxygen atoms in total. The second-order valence-electron chi connectivity index (χ2n) is 7.60. The smallest absolute Gasteiger partial charge is 0.143 e. The molecule has 0 spiro atoms. The van der Waals surface area contributed by atoms with Crippen molar-refractivity contribution in [3.63, 3.8) is 0 Å². The Morgan fingerprint density at radius 2 is 1.96 bits per heavy atom. The SMILES string of the molecule is CCC(CC)C1=CC(C)=NN2C(c3sc(-c4ccccn4)cc3C)=C(C)NC12. The number of hydrogen-bond acceptors (Lipinski definition) is 5. The number of hydrogen-bond donors (Lipinski definition) is 1. The first kappa shape index (κ1) is 18.9. The molecule has 0 fully saturated rings. The van der Waals surface area contributed by atoms with E-state index in [9.17, 15) is 0 Å². The fraction of sp³-hybridized carbons (Fsp3) is 0.391. The van der Waals surface area contributed by atoms with Crippen molar-refractivity contribution in [1.82, 2.24) is 15.3 Å². The molecule has 1 atom stereocenters. The number of aromatic nitrogens is 1. The molecule has 2 aromatic rings. The molecule has 0 aliphatic carbocycles. The molecule has 146 valence electrons. The van der Waals surface area contributed by atoms with Gasteiger partial charge in [-0.25, -0.2) is 5.01 Å². The third-order valence-electron chi connectivity index (χ3n) is 5.65. The number of aryl methyl sites for hydroxylation is 1. The highest BCUT2D eigenvalue weighted by atomic mass is 32.1. The van der Waals surface area contributed by atoms with Gasteiger partial charge in [-0.05, 0) is 74.9 Å². The van der Waals surface area contributed by atoms with Crippen molar-refractivity contribution in [3.05, 3.63) is 58.2 Å².